The van der Waals surface area contributed by atoms with Crippen molar-refractivity contribution >= 4 is 28.9 Å². The molecule has 0 N–H and O–H groups in total. The fourth-order valence-corrected chi connectivity index (χ4v) is 3.58. The zero-order valence-corrected chi connectivity index (χ0v) is 17.6. The van der Waals surface area contributed by atoms with Gasteiger partial charge in [-0.3, -0.25) is 9.69 Å². The lowest BCUT2D eigenvalue weighted by molar-refractivity contribution is -0.116. The third kappa shape index (κ3) is 3.62. The highest BCUT2D eigenvalue weighted by Crippen LogP contribution is 2.38. The van der Waals surface area contributed by atoms with E-state index in [0.29, 0.717) is 28.9 Å². The van der Waals surface area contributed by atoms with Gasteiger partial charge in [-0.05, 0) is 67.0 Å². The Hall–Kier alpha value is -2.80. The van der Waals surface area contributed by atoms with Gasteiger partial charge in [-0.2, -0.15) is 0 Å². The van der Waals surface area contributed by atoms with Crippen LogP contribution in [0.3, 0.4) is 0 Å². The Labute approximate surface area is 170 Å². The first kappa shape index (κ1) is 19.9. The summed E-state index contributed by atoms with van der Waals surface area (Å²) in [7, 11) is 4.72. The largest absolute Gasteiger partial charge is 0.493 e. The number of aryl methyl sites for hydroxylation is 2. The fraction of sp³-hybridized carbons (Fsp3) is 0.333. The molecule has 0 aromatic heterocycles. The second-order valence-corrected chi connectivity index (χ2v) is 7.04. The van der Waals surface area contributed by atoms with Gasteiger partial charge >= 0.3 is 0 Å². The number of amides is 1. The second kappa shape index (κ2) is 8.06. The van der Waals surface area contributed by atoms with Gasteiger partial charge in [-0.15, -0.1) is 0 Å². The number of carbonyl (C=O) groups excluding carboxylic acids is 1. The molecule has 2 aromatic carbocycles. The van der Waals surface area contributed by atoms with Gasteiger partial charge in [0.25, 0.3) is 5.91 Å². The summed E-state index contributed by atoms with van der Waals surface area (Å²) < 4.78 is 16.2. The van der Waals surface area contributed by atoms with E-state index in [4.69, 9.17) is 26.4 Å². The molecule has 2 aromatic rings. The first-order valence-electron chi connectivity index (χ1n) is 8.87. The molecule has 1 fully saturated rings. The Morgan fingerprint density at radius 1 is 0.964 bits per heavy atom. The normalized spacial score (nSPS) is 13.9. The maximum Gasteiger partial charge on any atom is 0.252 e. The maximum absolute atomic E-state index is 12.7. The molecule has 0 saturated carbocycles. The van der Waals surface area contributed by atoms with E-state index < -0.39 is 0 Å². The first-order chi connectivity index (χ1) is 13.4. The van der Waals surface area contributed by atoms with E-state index in [9.17, 15) is 4.79 Å². The highest BCUT2D eigenvalue weighted by Gasteiger charge is 2.34. The van der Waals surface area contributed by atoms with Crippen LogP contribution in [0.15, 0.2) is 30.3 Å². The first-order valence-corrected chi connectivity index (χ1v) is 9.28. The molecule has 148 valence electrons. The van der Waals surface area contributed by atoms with E-state index >= 15 is 0 Å². The molecule has 1 aliphatic heterocycles. The quantitative estimate of drug-likeness (QED) is 0.692. The molecule has 28 heavy (non-hydrogen) atoms. The number of benzene rings is 2. The summed E-state index contributed by atoms with van der Waals surface area (Å²) in [6, 6.07) is 9.65. The van der Waals surface area contributed by atoms with E-state index in [1.807, 2.05) is 49.1 Å². The summed E-state index contributed by atoms with van der Waals surface area (Å²) in [4.78, 5) is 16.1. The topological polar surface area (TPSA) is 51.2 Å². The average Bonchev–Trinajstić information content (AvgIpc) is 2.96. The number of rotatable bonds is 6. The van der Waals surface area contributed by atoms with E-state index in [-0.39, 0.29) is 12.5 Å². The number of methoxy groups -OCH3 is 3. The highest BCUT2D eigenvalue weighted by molar-refractivity contribution is 7.80. The number of ether oxygens (including phenoxy) is 3. The zero-order chi connectivity index (χ0) is 20.4. The third-order valence-electron chi connectivity index (χ3n) is 4.88. The molecule has 0 radical (unpaired) electrons. The lowest BCUT2D eigenvalue weighted by Gasteiger charge is -2.22. The Kier molecular flexibility index (Phi) is 5.74. The standard InChI is InChI=1S/C21H24N2O4S/c1-13-6-7-16(8-14(13)2)23-19(24)12-22(21(23)28)11-15-9-17(25-3)20(27-5)18(10-15)26-4/h6-10H,11-12H2,1-5H3. The molecule has 0 spiro atoms. The average molecular weight is 401 g/mol. The molecule has 3 rings (SSSR count). The molecule has 1 heterocycles. The van der Waals surface area contributed by atoms with Gasteiger partial charge in [-0.25, -0.2) is 0 Å². The van der Waals surface area contributed by atoms with Crippen LogP contribution >= 0.6 is 12.2 Å². The molecule has 0 aliphatic carbocycles. The van der Waals surface area contributed by atoms with Gasteiger partial charge in [0.2, 0.25) is 5.75 Å². The maximum atomic E-state index is 12.7. The van der Waals surface area contributed by atoms with Crippen LogP contribution < -0.4 is 19.1 Å². The monoisotopic (exact) mass is 400 g/mol. The van der Waals surface area contributed by atoms with Gasteiger partial charge in [-0.1, -0.05) is 6.07 Å². The molecule has 1 amide bonds. The van der Waals surface area contributed by atoms with Crippen LogP contribution in [-0.2, 0) is 11.3 Å². The van der Waals surface area contributed by atoms with Crippen molar-refractivity contribution < 1.29 is 19.0 Å². The lowest BCUT2D eigenvalue weighted by atomic mass is 10.1. The summed E-state index contributed by atoms with van der Waals surface area (Å²) in [6.45, 7) is 4.75. The number of anilines is 1. The summed E-state index contributed by atoms with van der Waals surface area (Å²) in [5.41, 5.74) is 4.00. The summed E-state index contributed by atoms with van der Waals surface area (Å²) in [5.74, 6) is 1.63. The predicted molar refractivity (Wildman–Crippen MR) is 113 cm³/mol. The molecule has 0 unspecified atom stereocenters. The molecule has 7 heteroatoms. The van der Waals surface area contributed by atoms with Crippen molar-refractivity contribution in [1.29, 1.82) is 0 Å². The van der Waals surface area contributed by atoms with Gasteiger partial charge in [0.1, 0.15) is 6.54 Å². The van der Waals surface area contributed by atoms with Crippen LogP contribution in [-0.4, -0.2) is 43.8 Å². The van der Waals surface area contributed by atoms with Crippen LogP contribution in [0.4, 0.5) is 5.69 Å². The molecule has 1 saturated heterocycles. The molecular weight excluding hydrogens is 376 g/mol. The molecule has 0 bridgehead atoms. The van der Waals surface area contributed by atoms with Crippen molar-refractivity contribution in [3.8, 4) is 17.2 Å². The minimum absolute atomic E-state index is 0.0410. The smallest absolute Gasteiger partial charge is 0.252 e. The minimum atomic E-state index is -0.0410. The molecule has 1 aliphatic rings. The second-order valence-electron chi connectivity index (χ2n) is 6.67. The predicted octanol–water partition coefficient (Wildman–Crippen LogP) is 3.46. The van der Waals surface area contributed by atoms with Crippen molar-refractivity contribution in [1.82, 2.24) is 4.90 Å². The van der Waals surface area contributed by atoms with Crippen molar-refractivity contribution in [3.63, 3.8) is 0 Å². The summed E-state index contributed by atoms with van der Waals surface area (Å²) in [6.07, 6.45) is 0. The van der Waals surface area contributed by atoms with Crippen LogP contribution in [0, 0.1) is 13.8 Å². The van der Waals surface area contributed by atoms with Gasteiger partial charge in [0, 0.05) is 6.54 Å². The minimum Gasteiger partial charge on any atom is -0.493 e. The molecule has 0 atom stereocenters. The zero-order valence-electron chi connectivity index (χ0n) is 16.7. The van der Waals surface area contributed by atoms with Gasteiger partial charge in [0.05, 0.1) is 27.0 Å². The fourth-order valence-electron chi connectivity index (χ4n) is 3.24. The number of thiocarbonyl (C=S) groups is 1. The Balaban J connectivity index is 1.87. The van der Waals surface area contributed by atoms with Crippen molar-refractivity contribution in [2.45, 2.75) is 20.4 Å². The molecular formula is C21H24N2O4S. The van der Waals surface area contributed by atoms with Gasteiger partial charge < -0.3 is 19.1 Å². The number of carbonyl (C=O) groups is 1. The van der Waals surface area contributed by atoms with Crippen LogP contribution in [0.1, 0.15) is 16.7 Å². The van der Waals surface area contributed by atoms with E-state index in [1.165, 1.54) is 5.56 Å². The Bertz CT molecular complexity index is 904. The van der Waals surface area contributed by atoms with Crippen molar-refractivity contribution in [2.24, 2.45) is 0 Å². The third-order valence-corrected chi connectivity index (χ3v) is 5.32. The Morgan fingerprint density at radius 2 is 1.61 bits per heavy atom. The Morgan fingerprint density at radius 3 is 2.14 bits per heavy atom. The number of nitrogens with zero attached hydrogens (tertiary/aromatic N) is 2. The van der Waals surface area contributed by atoms with E-state index in [0.717, 1.165) is 16.8 Å². The van der Waals surface area contributed by atoms with Crippen LogP contribution in [0.5, 0.6) is 17.2 Å². The summed E-state index contributed by atoms with van der Waals surface area (Å²) in [5, 5.41) is 0.488. The van der Waals surface area contributed by atoms with Crippen LogP contribution in [0.2, 0.25) is 0 Å². The van der Waals surface area contributed by atoms with Crippen LogP contribution in [0.25, 0.3) is 0 Å². The van der Waals surface area contributed by atoms with E-state index in [1.54, 1.807) is 26.2 Å². The number of hydrogen-bond acceptors (Lipinski definition) is 5. The molecule has 6 nitrogen and oxygen atoms in total. The van der Waals surface area contributed by atoms with Crippen molar-refractivity contribution in [2.75, 3.05) is 32.8 Å². The highest BCUT2D eigenvalue weighted by atomic mass is 32.1. The van der Waals surface area contributed by atoms with Gasteiger partial charge in [0.15, 0.2) is 16.6 Å². The SMILES string of the molecule is COc1cc(CN2CC(=O)N(c3ccc(C)c(C)c3)C2=S)cc(OC)c1OC. The van der Waals surface area contributed by atoms with Crippen molar-refractivity contribution in [3.05, 3.63) is 47.0 Å². The summed E-state index contributed by atoms with van der Waals surface area (Å²) >= 11 is 5.61. The lowest BCUT2D eigenvalue weighted by Crippen LogP contribution is -2.32. The number of hydrogen-bond donors (Lipinski definition) is 0. The van der Waals surface area contributed by atoms with E-state index in [2.05, 4.69) is 0 Å².